The third-order valence-corrected chi connectivity index (χ3v) is 4.68. The smallest absolute Gasteiger partial charge is 0.299 e. The molecule has 0 saturated carbocycles. The molecule has 0 unspecified atom stereocenters. The highest BCUT2D eigenvalue weighted by molar-refractivity contribution is 9.10. The number of benzene rings is 2. The summed E-state index contributed by atoms with van der Waals surface area (Å²) < 4.78 is 7.46. The number of carbonyl (C=O) groups excluding carboxylic acids is 1. The van der Waals surface area contributed by atoms with Gasteiger partial charge in [0, 0.05) is 28.7 Å². The lowest BCUT2D eigenvalue weighted by atomic mass is 10.1. The van der Waals surface area contributed by atoms with Crippen LogP contribution in [-0.2, 0) is 11.3 Å². The van der Waals surface area contributed by atoms with Gasteiger partial charge in [0.2, 0.25) is 5.91 Å². The van der Waals surface area contributed by atoms with Gasteiger partial charge in [0.1, 0.15) is 11.2 Å². The topological polar surface area (TPSA) is 90.0 Å². The van der Waals surface area contributed by atoms with Crippen LogP contribution in [0, 0.1) is 0 Å². The molecule has 4 rings (SSSR count). The second kappa shape index (κ2) is 7.77. The molecule has 0 aliphatic heterocycles. The van der Waals surface area contributed by atoms with Crippen molar-refractivity contribution < 1.29 is 9.32 Å². The van der Waals surface area contributed by atoms with Gasteiger partial charge in [0.15, 0.2) is 0 Å². The Hall–Kier alpha value is -3.26. The van der Waals surface area contributed by atoms with E-state index >= 15 is 0 Å². The van der Waals surface area contributed by atoms with Crippen LogP contribution in [0.15, 0.2) is 74.7 Å². The highest BCUT2D eigenvalue weighted by Crippen LogP contribution is 2.24. The zero-order valence-electron chi connectivity index (χ0n) is 14.6. The summed E-state index contributed by atoms with van der Waals surface area (Å²) in [5.41, 5.74) is 2.14. The fraction of sp³-hybridized carbons (Fsp3) is 0.100. The minimum atomic E-state index is -0.366. The van der Waals surface area contributed by atoms with Gasteiger partial charge in [-0.2, -0.15) is 0 Å². The number of nitrogens with one attached hydrogen (secondary N) is 1. The first-order valence-electron chi connectivity index (χ1n) is 8.57. The summed E-state index contributed by atoms with van der Waals surface area (Å²) in [6, 6.07) is 16.7. The standard InChI is InChI=1S/C20H15BrN4O3/c21-14-7-4-8-15(11-14)23-16(26)9-10-25-12-22-18-17(13-5-2-1-3-6-13)24-28-19(18)20(25)27/h1-8,11-12H,9-10H2,(H,23,26). The molecule has 2 aromatic heterocycles. The Morgan fingerprint density at radius 3 is 2.75 bits per heavy atom. The van der Waals surface area contributed by atoms with Gasteiger partial charge in [-0.15, -0.1) is 0 Å². The lowest BCUT2D eigenvalue weighted by molar-refractivity contribution is -0.116. The van der Waals surface area contributed by atoms with Crippen LogP contribution in [0.5, 0.6) is 0 Å². The summed E-state index contributed by atoms with van der Waals surface area (Å²) in [6.07, 6.45) is 1.54. The quantitative estimate of drug-likeness (QED) is 0.511. The number of halogens is 1. The number of nitrogens with zero attached hydrogens (tertiary/aromatic N) is 3. The summed E-state index contributed by atoms with van der Waals surface area (Å²) in [6.45, 7) is 0.184. The van der Waals surface area contributed by atoms with Crippen LogP contribution >= 0.6 is 15.9 Å². The third kappa shape index (κ3) is 3.72. The Labute approximate surface area is 168 Å². The van der Waals surface area contributed by atoms with E-state index < -0.39 is 0 Å². The molecule has 0 atom stereocenters. The van der Waals surface area contributed by atoms with Crippen LogP contribution in [0.3, 0.4) is 0 Å². The van der Waals surface area contributed by atoms with Crippen molar-refractivity contribution in [1.29, 1.82) is 0 Å². The van der Waals surface area contributed by atoms with Crippen molar-refractivity contribution in [2.24, 2.45) is 0 Å². The first-order valence-corrected chi connectivity index (χ1v) is 9.37. The average molecular weight is 439 g/mol. The number of amides is 1. The van der Waals surface area contributed by atoms with Crippen LogP contribution in [0.2, 0.25) is 0 Å². The lowest BCUT2D eigenvalue weighted by Crippen LogP contribution is -2.23. The zero-order chi connectivity index (χ0) is 19.5. The highest BCUT2D eigenvalue weighted by Gasteiger charge is 2.16. The number of hydrogen-bond donors (Lipinski definition) is 1. The molecule has 0 spiro atoms. The maximum atomic E-state index is 12.6. The summed E-state index contributed by atoms with van der Waals surface area (Å²) in [4.78, 5) is 29.1. The molecule has 1 amide bonds. The lowest BCUT2D eigenvalue weighted by Gasteiger charge is -2.07. The monoisotopic (exact) mass is 438 g/mol. The Morgan fingerprint density at radius 1 is 1.14 bits per heavy atom. The molecule has 0 bridgehead atoms. The summed E-state index contributed by atoms with van der Waals surface area (Å²) in [5, 5.41) is 6.79. The van der Waals surface area contributed by atoms with Crippen molar-refractivity contribution >= 4 is 38.6 Å². The molecule has 2 aromatic carbocycles. The number of hydrogen-bond acceptors (Lipinski definition) is 5. The second-order valence-corrected chi connectivity index (χ2v) is 7.04. The van der Waals surface area contributed by atoms with Crippen molar-refractivity contribution in [2.45, 2.75) is 13.0 Å². The normalized spacial score (nSPS) is 10.9. The fourth-order valence-electron chi connectivity index (χ4n) is 2.81. The number of aryl methyl sites for hydroxylation is 1. The predicted octanol–water partition coefficient (Wildman–Crippen LogP) is 3.84. The van der Waals surface area contributed by atoms with E-state index in [1.54, 1.807) is 12.1 Å². The van der Waals surface area contributed by atoms with Gasteiger partial charge in [0.25, 0.3) is 11.1 Å². The predicted molar refractivity (Wildman–Crippen MR) is 109 cm³/mol. The van der Waals surface area contributed by atoms with E-state index in [9.17, 15) is 9.59 Å². The first-order chi connectivity index (χ1) is 13.6. The van der Waals surface area contributed by atoms with Gasteiger partial charge in [-0.25, -0.2) is 4.98 Å². The van der Waals surface area contributed by atoms with Gasteiger partial charge < -0.3 is 9.84 Å². The highest BCUT2D eigenvalue weighted by atomic mass is 79.9. The van der Waals surface area contributed by atoms with E-state index in [4.69, 9.17) is 4.52 Å². The molecule has 0 aliphatic rings. The maximum absolute atomic E-state index is 12.6. The number of carbonyl (C=O) groups is 1. The first kappa shape index (κ1) is 18.1. The van der Waals surface area contributed by atoms with Crippen LogP contribution in [0.4, 0.5) is 5.69 Å². The Balaban J connectivity index is 1.51. The van der Waals surface area contributed by atoms with Crippen molar-refractivity contribution in [3.05, 3.63) is 75.8 Å². The Kier molecular flexibility index (Phi) is 5.03. The van der Waals surface area contributed by atoms with Crippen LogP contribution < -0.4 is 10.9 Å². The molecule has 140 valence electrons. The molecular formula is C20H15BrN4O3. The number of fused-ring (bicyclic) bond motifs is 1. The largest absolute Gasteiger partial charge is 0.348 e. The molecule has 0 fully saturated rings. The van der Waals surface area contributed by atoms with Crippen LogP contribution in [0.25, 0.3) is 22.4 Å². The molecule has 0 saturated heterocycles. The van der Waals surface area contributed by atoms with Gasteiger partial charge in [-0.1, -0.05) is 57.5 Å². The number of anilines is 1. The van der Waals surface area contributed by atoms with Crippen molar-refractivity contribution in [2.75, 3.05) is 5.32 Å². The van der Waals surface area contributed by atoms with Crippen molar-refractivity contribution in [3.8, 4) is 11.3 Å². The second-order valence-electron chi connectivity index (χ2n) is 6.13. The maximum Gasteiger partial charge on any atom is 0.299 e. The van der Waals surface area contributed by atoms with Gasteiger partial charge in [-0.3, -0.25) is 14.2 Å². The SMILES string of the molecule is O=C(CCn1cnc2c(-c3ccccc3)noc2c1=O)Nc1cccc(Br)c1. The van der Waals surface area contributed by atoms with E-state index in [0.29, 0.717) is 16.9 Å². The summed E-state index contributed by atoms with van der Waals surface area (Å²) in [7, 11) is 0. The molecule has 2 heterocycles. The Morgan fingerprint density at radius 2 is 1.96 bits per heavy atom. The molecular weight excluding hydrogens is 424 g/mol. The summed E-state index contributed by atoms with van der Waals surface area (Å²) in [5.74, 6) is -0.201. The Bertz CT molecular complexity index is 1200. The summed E-state index contributed by atoms with van der Waals surface area (Å²) >= 11 is 3.36. The van der Waals surface area contributed by atoms with E-state index in [-0.39, 0.29) is 30.0 Å². The minimum Gasteiger partial charge on any atom is -0.348 e. The fourth-order valence-corrected chi connectivity index (χ4v) is 3.21. The van der Waals surface area contributed by atoms with E-state index in [1.165, 1.54) is 10.9 Å². The molecule has 28 heavy (non-hydrogen) atoms. The van der Waals surface area contributed by atoms with Crippen molar-refractivity contribution in [3.63, 3.8) is 0 Å². The van der Waals surface area contributed by atoms with Crippen LogP contribution in [0.1, 0.15) is 6.42 Å². The van der Waals surface area contributed by atoms with E-state index in [2.05, 4.69) is 31.4 Å². The van der Waals surface area contributed by atoms with Gasteiger partial charge in [0.05, 0.1) is 6.33 Å². The molecule has 4 aromatic rings. The third-order valence-electron chi connectivity index (χ3n) is 4.18. The van der Waals surface area contributed by atoms with Crippen LogP contribution in [-0.4, -0.2) is 20.6 Å². The molecule has 0 radical (unpaired) electrons. The average Bonchev–Trinajstić information content (AvgIpc) is 3.13. The number of rotatable bonds is 5. The minimum absolute atomic E-state index is 0.0775. The van der Waals surface area contributed by atoms with Gasteiger partial charge >= 0.3 is 0 Å². The number of aromatic nitrogens is 3. The molecule has 0 aliphatic carbocycles. The van der Waals surface area contributed by atoms with E-state index in [0.717, 1.165) is 10.0 Å². The zero-order valence-corrected chi connectivity index (χ0v) is 16.2. The molecule has 7 nitrogen and oxygen atoms in total. The van der Waals surface area contributed by atoms with E-state index in [1.807, 2.05) is 42.5 Å². The van der Waals surface area contributed by atoms with Gasteiger partial charge in [-0.05, 0) is 18.2 Å². The van der Waals surface area contributed by atoms with Crippen molar-refractivity contribution in [1.82, 2.24) is 14.7 Å². The molecule has 1 N–H and O–H groups in total. The molecule has 8 heteroatoms.